The number of rotatable bonds is 1. The highest BCUT2D eigenvalue weighted by molar-refractivity contribution is 9.10. The lowest BCUT2D eigenvalue weighted by Gasteiger charge is -2.00. The molecule has 0 unspecified atom stereocenters. The maximum absolute atomic E-state index is 9.50. The first kappa shape index (κ1) is 2.39. The number of nitriles is 1. The van der Waals surface area contributed by atoms with Gasteiger partial charge in [-0.05, 0) is 36.4 Å². The van der Waals surface area contributed by atoms with Gasteiger partial charge < -0.3 is 10.2 Å². The monoisotopic (exact) mass is 657 g/mol. The molecule has 0 aliphatic heterocycles. The minimum atomic E-state index is 0. The van der Waals surface area contributed by atoms with E-state index in [9.17, 15) is 5.11 Å². The number of nitrogens with one attached hydrogen (secondary N) is 1. The number of phenols is 2. The summed E-state index contributed by atoms with van der Waals surface area (Å²) in [7, 11) is 0. The van der Waals surface area contributed by atoms with Gasteiger partial charge in [-0.2, -0.15) is 10.4 Å². The minimum absolute atomic E-state index is 0. The van der Waals surface area contributed by atoms with Crippen molar-refractivity contribution >= 4 is 31.9 Å². The molecule has 0 fully saturated rings. The molecule has 0 atom stereocenters. The number of phenolic OH excluding ortho intramolecular Hbond substituents is 2. The van der Waals surface area contributed by atoms with Crippen molar-refractivity contribution in [2.24, 2.45) is 0 Å². The Kier molecular flexibility index (Phi) is 0.808. The van der Waals surface area contributed by atoms with Crippen LogP contribution in [0.15, 0.2) is 51.7 Å². The Morgan fingerprint density at radius 3 is 2.30 bits per heavy atom. The van der Waals surface area contributed by atoms with Crippen molar-refractivity contribution in [3.8, 4) is 29.0 Å². The fraction of sp³-hybridized carbons (Fsp3) is 0. The summed E-state index contributed by atoms with van der Waals surface area (Å²) < 4.78 is 362. The van der Waals surface area contributed by atoms with Crippen LogP contribution in [0, 0.1) is 11.3 Å². The molecule has 0 amide bonds. The lowest BCUT2D eigenvalue weighted by atomic mass is 10.2. The molecule has 0 spiro atoms. The minimum Gasteiger partial charge on any atom is -0.507 e. The van der Waals surface area contributed by atoms with Gasteiger partial charge in [-0.1, -0.05) is 31.9 Å². The first-order valence-electron chi connectivity index (χ1n) is 42.2. The molecule has 2 aromatic carbocycles. The number of halogens is 2. The fourth-order valence-electron chi connectivity index (χ4n) is 1.63. The molecule has 3 N–H and O–H groups in total. The van der Waals surface area contributed by atoms with Crippen LogP contribution in [0.2, 0.25) is 0 Å². The van der Waals surface area contributed by atoms with E-state index in [1.165, 1.54) is 12.4 Å². The summed E-state index contributed by atoms with van der Waals surface area (Å²) in [6, 6.07) is 11.7. The molecule has 1 heterocycles. The maximum atomic E-state index is 9.50. The quantitative estimate of drug-likeness (QED) is 0.241. The van der Waals surface area contributed by atoms with Crippen molar-refractivity contribution < 1.29 is 119 Å². The van der Waals surface area contributed by atoms with Gasteiger partial charge in [0.25, 0.3) is 0 Å². The van der Waals surface area contributed by atoms with Crippen LogP contribution in [0.25, 0.3) is 11.4 Å². The van der Waals surface area contributed by atoms with E-state index in [0.29, 0.717) is 11.4 Å². The number of nitrogens with zero attached hydrogens (tertiary/aromatic N) is 3. The first-order chi connectivity index (χ1) is 47.0. The largest absolute Gasteiger partial charge is 0.507 e. The highest BCUT2D eigenvalue weighted by Gasteiger charge is 2.06. The van der Waals surface area contributed by atoms with Crippen LogP contribution in [-0.2, 0) is 0 Å². The van der Waals surface area contributed by atoms with E-state index >= 15 is 0 Å². The zero-order chi connectivity index (χ0) is 88.8. The Labute approximate surface area is 261 Å². The Balaban J connectivity index is -0.0000000118. The smallest absolute Gasteiger partial charge is 0.159 e. The predicted octanol–water partition coefficient (Wildman–Crippen LogP) is 13.1. The van der Waals surface area contributed by atoms with Crippen molar-refractivity contribution in [2.45, 2.75) is 0 Å². The summed E-state index contributed by atoms with van der Waals surface area (Å²) in [5.74, 6) is 0.754. The molecule has 0 aliphatic carbocycles. The average Bonchev–Trinajstić information content (AvgIpc) is 4.35. The molecule has 0 bridgehead atoms. The predicted molar refractivity (Wildman–Crippen MR) is 170 cm³/mol. The third-order valence-electron chi connectivity index (χ3n) is 2.71. The van der Waals surface area contributed by atoms with Crippen LogP contribution in [0.4, 0.5) is 0 Å². The molecule has 0 saturated heterocycles. The number of hydrogen-bond donors (Lipinski definition) is 3. The van der Waals surface area contributed by atoms with E-state index in [2.05, 4.69) is 47.0 Å². The summed E-state index contributed by atoms with van der Waals surface area (Å²) in [5, 5.41) is 33.3. The average molecular weight is 659 g/mol. The Hall–Kier alpha value is -2.37. The van der Waals surface area contributed by atoms with Gasteiger partial charge in [-0.3, -0.25) is 5.10 Å². The topological polar surface area (TPSA) is 106 Å². The van der Waals surface area contributed by atoms with Crippen LogP contribution < -0.4 is 0 Å². The summed E-state index contributed by atoms with van der Waals surface area (Å²) in [5.41, 5.74) is 0.918. The second kappa shape index (κ2) is 7.76. The van der Waals surface area contributed by atoms with Crippen LogP contribution in [0.1, 0.15) is 114 Å². The molecule has 190 valence electrons. The molecule has 1 aromatic heterocycles. The fourth-order valence-corrected chi connectivity index (χ4v) is 2.35. The van der Waals surface area contributed by atoms with Crippen molar-refractivity contribution in [1.82, 2.24) is 15.2 Å². The van der Waals surface area contributed by atoms with Crippen LogP contribution >= 0.6 is 31.9 Å². The zero-order valence-electron chi connectivity index (χ0n) is 83.5. The van der Waals surface area contributed by atoms with E-state index in [0.717, 1.165) is 8.95 Å². The van der Waals surface area contributed by atoms with E-state index in [-0.39, 0.29) is 18.5 Å². The van der Waals surface area contributed by atoms with Crippen LogP contribution in [-0.4, -0.2) is 25.4 Å². The summed E-state index contributed by atoms with van der Waals surface area (Å²) in [4.78, 5) is 3.94. The lowest BCUT2D eigenvalue weighted by Crippen LogP contribution is -1.81. The summed E-state index contributed by atoms with van der Waals surface area (Å²) in [6.45, 7) is 0. The molecule has 0 radical (unpaired) electrons. The molecular formula is C15H84Br2N4O2. The Bertz CT molecular complexity index is 921. The Morgan fingerprint density at radius 1 is 1.09 bits per heavy atom. The number of hydrogen-bond acceptors (Lipinski definition) is 5. The molecule has 3 aromatic rings. The third-order valence-corrected chi connectivity index (χ3v) is 3.69. The molecule has 23 heavy (non-hydrogen) atoms. The summed E-state index contributed by atoms with van der Waals surface area (Å²) >= 11 is 6.48. The van der Waals surface area contributed by atoms with E-state index in [4.69, 9.17) is 117 Å². The molecule has 3 rings (SSSR count). The standard InChI is InChI=1S/C8H6BrN3O.C7H4BrNO.37H2/c9-5-1-2-7(13)6(3-5)8-10-4-11-12-8;8-6-1-2-7(10)5(3-6)4-9;;;;;;;;;;;;;;;;;;;;;;;;;;;;;;;;;;;;;/h1-4,13H,(H,10,11,12);1-3,10H;37*1H/i;;36*1+2T;1+2. The normalized spacial score (nSPS) is 22.1. The van der Waals surface area contributed by atoms with Gasteiger partial charge in [0.2, 0.25) is 0 Å². The van der Waals surface area contributed by atoms with Crippen molar-refractivity contribution in [1.29, 1.82) is 5.26 Å². The third kappa shape index (κ3) is 4.55. The molecule has 0 saturated carbocycles. The Morgan fingerprint density at radius 2 is 1.74 bits per heavy atom. The lowest BCUT2D eigenvalue weighted by molar-refractivity contribution is 0.473. The van der Waals surface area contributed by atoms with Gasteiger partial charge in [0.05, 0.1) is 11.1 Å². The number of aromatic hydroxyl groups is 2. The van der Waals surface area contributed by atoms with Gasteiger partial charge in [0.15, 0.2) is 5.82 Å². The van der Waals surface area contributed by atoms with Gasteiger partial charge in [0.1, 0.15) is 23.9 Å². The van der Waals surface area contributed by atoms with Gasteiger partial charge in [-0.15, -0.1) is 0 Å². The van der Waals surface area contributed by atoms with Gasteiger partial charge in [0, 0.05) is 117 Å². The second-order valence-corrected chi connectivity index (χ2v) is 6.10. The number of aromatic nitrogens is 3. The molecule has 6 nitrogen and oxygen atoms in total. The van der Waals surface area contributed by atoms with Gasteiger partial charge >= 0.3 is 0 Å². The number of aromatic amines is 1. The highest BCUT2D eigenvalue weighted by atomic mass is 79.9. The van der Waals surface area contributed by atoms with Crippen molar-refractivity contribution in [2.75, 3.05) is 0 Å². The highest BCUT2D eigenvalue weighted by Crippen LogP contribution is 2.28. The number of H-pyrrole nitrogens is 1. The molecule has 8 heteroatoms. The zero-order valence-corrected chi connectivity index (χ0v) is 14.7. The first-order valence-corrected chi connectivity index (χ1v) is 7.82. The van der Waals surface area contributed by atoms with E-state index < -0.39 is 0 Å². The summed E-state index contributed by atoms with van der Waals surface area (Å²) in [6.07, 6.45) is 1.40. The van der Waals surface area contributed by atoms with Crippen molar-refractivity contribution in [3.63, 3.8) is 0 Å². The molecule has 0 aliphatic rings. The van der Waals surface area contributed by atoms with E-state index in [1.807, 2.05) is 6.07 Å². The second-order valence-electron chi connectivity index (χ2n) is 4.27. The SMILES string of the molecule is N#Cc1cc(Br)ccc1O.Oc1ccc(Br)cc1-c1ncn[nH]1.[3HH].[3H][3H].[3H][3H].[3H][3H].[3H][3H].[3H][3H].[3H][3H].[3H][3H].[3H][3H].[3H][3H].[3H][3H].[3H][3H].[3H][3H].[3H][3H].[3H][3H].[3H][3H].[3H][3H].[3H][3H].[3H][3H].[3H][3H].[3H][3H].[3H][3H].[3H][3H].[3H][3H].[3H][3H].[3H][3H].[3H][3H].[3H][3H].[3H][3H].[3H][3H].[3H][3H].[3H][3H].[3H][3H].[3H][3H].[3H][3H].[3H][3H].[3H][3H]. The maximum Gasteiger partial charge on any atom is 0.159 e. The van der Waals surface area contributed by atoms with E-state index in [1.54, 1.807) is 30.3 Å². The van der Waals surface area contributed by atoms with Crippen LogP contribution in [0.5, 0.6) is 11.5 Å². The van der Waals surface area contributed by atoms with Crippen molar-refractivity contribution in [3.05, 3.63) is 57.2 Å². The number of benzene rings is 2. The van der Waals surface area contributed by atoms with Crippen LogP contribution in [0.3, 0.4) is 0 Å². The van der Waals surface area contributed by atoms with Gasteiger partial charge in [-0.25, -0.2) is 4.98 Å². The molecular weight excluding hydrogens is 428 g/mol.